The molecule has 0 bridgehead atoms. The van der Waals surface area contributed by atoms with Gasteiger partial charge >= 0.3 is 5.97 Å². The predicted molar refractivity (Wildman–Crippen MR) is 126 cm³/mol. The number of nitrogens with zero attached hydrogens (tertiary/aromatic N) is 1. The molecule has 3 aromatic carbocycles. The van der Waals surface area contributed by atoms with E-state index in [9.17, 15) is 4.79 Å². The second kappa shape index (κ2) is 11.1. The van der Waals surface area contributed by atoms with Gasteiger partial charge in [0.2, 0.25) is 0 Å². The van der Waals surface area contributed by atoms with Crippen molar-refractivity contribution in [2.45, 2.75) is 6.42 Å². The summed E-state index contributed by atoms with van der Waals surface area (Å²) in [5.74, 6) is 0.558. The summed E-state index contributed by atoms with van der Waals surface area (Å²) in [6.07, 6.45) is 0.186. The van der Waals surface area contributed by atoms with E-state index < -0.39 is 0 Å². The van der Waals surface area contributed by atoms with Crippen molar-refractivity contribution < 1.29 is 14.3 Å². The van der Waals surface area contributed by atoms with Gasteiger partial charge in [0.25, 0.3) is 0 Å². The molecule has 0 aliphatic rings. The lowest BCUT2D eigenvalue weighted by atomic mass is 9.88. The summed E-state index contributed by atoms with van der Waals surface area (Å²) in [7, 11) is 5.47. The topological polar surface area (TPSA) is 38.8 Å². The molecule has 0 aliphatic carbocycles. The Morgan fingerprint density at radius 3 is 1.87 bits per heavy atom. The number of hydrogen-bond acceptors (Lipinski definition) is 4. The molecule has 0 amide bonds. The minimum absolute atomic E-state index is 0.186. The van der Waals surface area contributed by atoms with Crippen LogP contribution in [-0.4, -0.2) is 45.2 Å². The first-order valence-corrected chi connectivity index (χ1v) is 10.4. The van der Waals surface area contributed by atoms with E-state index in [1.807, 2.05) is 86.9 Å². The Kier molecular flexibility index (Phi) is 8.02. The average molecular weight is 416 g/mol. The van der Waals surface area contributed by atoms with E-state index in [-0.39, 0.29) is 12.4 Å². The Hall–Kier alpha value is -3.37. The SMILES string of the molecule is COC(=O)C/C(=C(\c1ccccc1)c1ccc(OCCN(C)C)cc1)c1ccccc1. The van der Waals surface area contributed by atoms with Crippen molar-refractivity contribution >= 4 is 17.1 Å². The highest BCUT2D eigenvalue weighted by Crippen LogP contribution is 2.35. The molecule has 31 heavy (non-hydrogen) atoms. The maximum atomic E-state index is 12.3. The van der Waals surface area contributed by atoms with Gasteiger partial charge in [0.05, 0.1) is 13.5 Å². The molecule has 0 unspecified atom stereocenters. The van der Waals surface area contributed by atoms with Crippen LogP contribution in [0.15, 0.2) is 84.9 Å². The minimum atomic E-state index is -0.268. The Bertz CT molecular complexity index is 994. The van der Waals surface area contributed by atoms with Gasteiger partial charge in [-0.25, -0.2) is 0 Å². The highest BCUT2D eigenvalue weighted by molar-refractivity contribution is 6.03. The van der Waals surface area contributed by atoms with E-state index in [4.69, 9.17) is 9.47 Å². The van der Waals surface area contributed by atoms with Crippen LogP contribution in [0.4, 0.5) is 0 Å². The fraction of sp³-hybridized carbons (Fsp3) is 0.222. The van der Waals surface area contributed by atoms with E-state index in [1.165, 1.54) is 7.11 Å². The van der Waals surface area contributed by atoms with Gasteiger partial charge in [-0.15, -0.1) is 0 Å². The van der Waals surface area contributed by atoms with Crippen LogP contribution in [0.25, 0.3) is 11.1 Å². The number of carbonyl (C=O) groups excluding carboxylic acids is 1. The molecule has 3 rings (SSSR count). The molecule has 0 fully saturated rings. The van der Waals surface area contributed by atoms with Crippen LogP contribution in [0.2, 0.25) is 0 Å². The fourth-order valence-corrected chi connectivity index (χ4v) is 3.37. The van der Waals surface area contributed by atoms with Crippen molar-refractivity contribution in [3.63, 3.8) is 0 Å². The maximum Gasteiger partial charge on any atom is 0.310 e. The van der Waals surface area contributed by atoms with Crippen molar-refractivity contribution in [3.8, 4) is 5.75 Å². The second-order valence-electron chi connectivity index (χ2n) is 7.51. The lowest BCUT2D eigenvalue weighted by Gasteiger charge is -2.17. The zero-order chi connectivity index (χ0) is 22.1. The normalized spacial score (nSPS) is 11.7. The van der Waals surface area contributed by atoms with Crippen LogP contribution in [0.5, 0.6) is 5.75 Å². The molecule has 160 valence electrons. The monoisotopic (exact) mass is 415 g/mol. The minimum Gasteiger partial charge on any atom is -0.492 e. The van der Waals surface area contributed by atoms with Crippen LogP contribution in [0.3, 0.4) is 0 Å². The first-order valence-electron chi connectivity index (χ1n) is 10.4. The smallest absolute Gasteiger partial charge is 0.310 e. The molecule has 0 spiro atoms. The Balaban J connectivity index is 2.07. The Labute approximate surface area is 184 Å². The van der Waals surface area contributed by atoms with Crippen LogP contribution in [0.1, 0.15) is 23.1 Å². The number of hydrogen-bond donors (Lipinski definition) is 0. The van der Waals surface area contributed by atoms with Crippen LogP contribution < -0.4 is 4.74 Å². The van der Waals surface area contributed by atoms with E-state index >= 15 is 0 Å². The summed E-state index contributed by atoms with van der Waals surface area (Å²) in [5.41, 5.74) is 5.01. The number of likely N-dealkylation sites (N-methyl/N-ethyl adjacent to an activating group) is 1. The van der Waals surface area contributed by atoms with Gasteiger partial charge < -0.3 is 14.4 Å². The largest absolute Gasteiger partial charge is 0.492 e. The first kappa shape index (κ1) is 22.3. The van der Waals surface area contributed by atoms with Gasteiger partial charge in [-0.05, 0) is 54.1 Å². The maximum absolute atomic E-state index is 12.3. The van der Waals surface area contributed by atoms with Crippen LogP contribution in [0, 0.1) is 0 Å². The molecular weight excluding hydrogens is 386 g/mol. The number of methoxy groups -OCH3 is 1. The molecule has 0 saturated carbocycles. The third-order valence-corrected chi connectivity index (χ3v) is 4.99. The molecule has 0 radical (unpaired) electrons. The third-order valence-electron chi connectivity index (χ3n) is 4.99. The lowest BCUT2D eigenvalue weighted by Crippen LogP contribution is -2.19. The van der Waals surface area contributed by atoms with Gasteiger partial charge in [0.1, 0.15) is 12.4 Å². The van der Waals surface area contributed by atoms with Gasteiger partial charge in [-0.3, -0.25) is 4.79 Å². The molecule has 0 aromatic heterocycles. The van der Waals surface area contributed by atoms with Crippen LogP contribution in [-0.2, 0) is 9.53 Å². The number of ether oxygens (including phenoxy) is 2. The Morgan fingerprint density at radius 1 is 0.774 bits per heavy atom. The molecule has 0 N–H and O–H groups in total. The molecule has 4 nitrogen and oxygen atoms in total. The van der Waals surface area contributed by atoms with Crippen LogP contribution >= 0.6 is 0 Å². The summed E-state index contributed by atoms with van der Waals surface area (Å²) >= 11 is 0. The van der Waals surface area contributed by atoms with E-state index in [0.29, 0.717) is 6.61 Å². The summed E-state index contributed by atoms with van der Waals surface area (Å²) < 4.78 is 10.9. The number of esters is 1. The van der Waals surface area contributed by atoms with Gasteiger partial charge in [0, 0.05) is 6.54 Å². The molecule has 4 heteroatoms. The molecule has 0 aliphatic heterocycles. The fourth-order valence-electron chi connectivity index (χ4n) is 3.37. The van der Waals surface area contributed by atoms with Crippen molar-refractivity contribution in [3.05, 3.63) is 102 Å². The summed E-state index contributed by atoms with van der Waals surface area (Å²) in [4.78, 5) is 14.4. The highest BCUT2D eigenvalue weighted by Gasteiger charge is 2.17. The molecule has 3 aromatic rings. The van der Waals surface area contributed by atoms with Gasteiger partial charge in [-0.1, -0.05) is 72.8 Å². The highest BCUT2D eigenvalue weighted by atomic mass is 16.5. The number of rotatable bonds is 9. The van der Waals surface area contributed by atoms with Crippen molar-refractivity contribution in [1.29, 1.82) is 0 Å². The third kappa shape index (κ3) is 6.30. The zero-order valence-electron chi connectivity index (χ0n) is 18.4. The molecule has 0 saturated heterocycles. The van der Waals surface area contributed by atoms with E-state index in [2.05, 4.69) is 17.0 Å². The molecule has 0 heterocycles. The van der Waals surface area contributed by atoms with Crippen molar-refractivity contribution in [1.82, 2.24) is 4.90 Å². The summed E-state index contributed by atoms with van der Waals surface area (Å²) in [6, 6.07) is 28.2. The van der Waals surface area contributed by atoms with Gasteiger partial charge in [-0.2, -0.15) is 0 Å². The average Bonchev–Trinajstić information content (AvgIpc) is 2.80. The second-order valence-corrected chi connectivity index (χ2v) is 7.51. The predicted octanol–water partition coefficient (Wildman–Crippen LogP) is 5.15. The summed E-state index contributed by atoms with van der Waals surface area (Å²) in [6.45, 7) is 1.49. The quantitative estimate of drug-likeness (QED) is 0.358. The number of carbonyl (C=O) groups is 1. The number of benzene rings is 3. The molecule has 0 atom stereocenters. The summed E-state index contributed by atoms with van der Waals surface area (Å²) in [5, 5.41) is 0. The lowest BCUT2D eigenvalue weighted by molar-refractivity contribution is -0.139. The first-order chi connectivity index (χ1) is 15.1. The zero-order valence-corrected chi connectivity index (χ0v) is 18.4. The van der Waals surface area contributed by atoms with Crippen molar-refractivity contribution in [2.75, 3.05) is 34.4 Å². The van der Waals surface area contributed by atoms with E-state index in [1.54, 1.807) is 0 Å². The Morgan fingerprint density at radius 2 is 1.32 bits per heavy atom. The van der Waals surface area contributed by atoms with E-state index in [0.717, 1.165) is 40.1 Å². The van der Waals surface area contributed by atoms with Gasteiger partial charge in [0.15, 0.2) is 0 Å². The van der Waals surface area contributed by atoms with Crippen molar-refractivity contribution in [2.24, 2.45) is 0 Å². The molecular formula is C27H29NO3. The standard InChI is InChI=1S/C27H29NO3/c1-28(2)18-19-31-24-16-14-23(15-17-24)27(22-12-8-5-9-13-22)25(20-26(29)30-3)21-10-6-4-7-11-21/h4-17H,18-20H2,1-3H3/b27-25-.